The Morgan fingerprint density at radius 2 is 1.97 bits per heavy atom. The van der Waals surface area contributed by atoms with Crippen molar-refractivity contribution < 1.29 is 14.7 Å². The van der Waals surface area contributed by atoms with Crippen LogP contribution in [0.3, 0.4) is 0 Å². The largest absolute Gasteiger partial charge is 0.478 e. The molecule has 1 fully saturated rings. The SMILES string of the molecule is O=C(Cc1ccccc1C(=O)O)Nc1cccc(/C=C/c2nc(C3CC3)cs2)c1. The number of carboxylic acid groups (broad SMARTS) is 1. The number of thiazole rings is 1. The molecule has 1 aromatic heterocycles. The molecule has 1 saturated carbocycles. The molecule has 1 aliphatic carbocycles. The molecule has 1 aliphatic rings. The number of carbonyl (C=O) groups excluding carboxylic acids is 1. The first-order valence-electron chi connectivity index (χ1n) is 9.43. The molecule has 1 amide bonds. The summed E-state index contributed by atoms with van der Waals surface area (Å²) in [6, 6.07) is 14.1. The van der Waals surface area contributed by atoms with Gasteiger partial charge in [-0.2, -0.15) is 0 Å². The molecule has 0 unspecified atom stereocenters. The lowest BCUT2D eigenvalue weighted by molar-refractivity contribution is -0.115. The number of amides is 1. The highest BCUT2D eigenvalue weighted by atomic mass is 32.1. The van der Waals surface area contributed by atoms with Crippen LogP contribution in [0.1, 0.15) is 50.9 Å². The molecule has 0 aliphatic heterocycles. The Morgan fingerprint density at radius 1 is 1.14 bits per heavy atom. The number of nitrogens with zero attached hydrogens (tertiary/aromatic N) is 1. The summed E-state index contributed by atoms with van der Waals surface area (Å²) in [5, 5.41) is 15.2. The molecule has 5 nitrogen and oxygen atoms in total. The fourth-order valence-electron chi connectivity index (χ4n) is 3.09. The van der Waals surface area contributed by atoms with E-state index in [1.807, 2.05) is 36.4 Å². The minimum absolute atomic E-state index is 0.00555. The van der Waals surface area contributed by atoms with Crippen LogP contribution in [0.25, 0.3) is 12.2 Å². The Labute approximate surface area is 172 Å². The van der Waals surface area contributed by atoms with Crippen molar-refractivity contribution in [3.63, 3.8) is 0 Å². The summed E-state index contributed by atoms with van der Waals surface area (Å²) in [7, 11) is 0. The molecule has 0 saturated heterocycles. The van der Waals surface area contributed by atoms with Gasteiger partial charge in [0.2, 0.25) is 5.91 Å². The van der Waals surface area contributed by atoms with Crippen LogP contribution in [0.2, 0.25) is 0 Å². The molecular weight excluding hydrogens is 384 g/mol. The van der Waals surface area contributed by atoms with Crippen molar-refractivity contribution in [3.05, 3.63) is 81.3 Å². The highest BCUT2D eigenvalue weighted by molar-refractivity contribution is 7.10. The third-order valence-corrected chi connectivity index (χ3v) is 5.55. The van der Waals surface area contributed by atoms with Crippen LogP contribution in [0.15, 0.2) is 53.9 Å². The van der Waals surface area contributed by atoms with Gasteiger partial charge in [0, 0.05) is 17.0 Å². The van der Waals surface area contributed by atoms with Crippen molar-refractivity contribution in [3.8, 4) is 0 Å². The third kappa shape index (κ3) is 4.97. The lowest BCUT2D eigenvalue weighted by Gasteiger charge is -2.08. The minimum atomic E-state index is -1.03. The second-order valence-corrected chi connectivity index (χ2v) is 7.92. The third-order valence-electron chi connectivity index (χ3n) is 4.72. The van der Waals surface area contributed by atoms with Crippen molar-refractivity contribution in [2.24, 2.45) is 0 Å². The molecule has 6 heteroatoms. The normalized spacial score (nSPS) is 13.5. The number of aromatic nitrogens is 1. The number of aromatic carboxylic acids is 1. The van der Waals surface area contributed by atoms with Gasteiger partial charge in [-0.1, -0.05) is 36.4 Å². The van der Waals surface area contributed by atoms with Gasteiger partial charge in [0.25, 0.3) is 0 Å². The van der Waals surface area contributed by atoms with Crippen molar-refractivity contribution >= 4 is 41.1 Å². The van der Waals surface area contributed by atoms with Crippen LogP contribution in [-0.2, 0) is 11.2 Å². The number of rotatable bonds is 7. The molecule has 2 aromatic carbocycles. The standard InChI is InChI=1S/C23H20N2O3S/c26-21(13-17-5-1-2-7-19(17)23(27)28)24-18-6-3-4-15(12-18)8-11-22-25-20(14-29-22)16-9-10-16/h1-8,11-12,14,16H,9-10,13H2,(H,24,26)(H,27,28)/b11-8+. The molecule has 2 N–H and O–H groups in total. The van der Waals surface area contributed by atoms with Crippen LogP contribution in [0.4, 0.5) is 5.69 Å². The quantitative estimate of drug-likeness (QED) is 0.576. The van der Waals surface area contributed by atoms with Crippen LogP contribution < -0.4 is 5.32 Å². The van der Waals surface area contributed by atoms with Crippen molar-refractivity contribution in [2.75, 3.05) is 5.32 Å². The number of hydrogen-bond acceptors (Lipinski definition) is 4. The second-order valence-electron chi connectivity index (χ2n) is 7.03. The average Bonchev–Trinajstić information content (AvgIpc) is 3.45. The van der Waals surface area contributed by atoms with E-state index in [4.69, 9.17) is 0 Å². The summed E-state index contributed by atoms with van der Waals surface area (Å²) < 4.78 is 0. The zero-order valence-corrected chi connectivity index (χ0v) is 16.5. The predicted molar refractivity (Wildman–Crippen MR) is 115 cm³/mol. The highest BCUT2D eigenvalue weighted by Crippen LogP contribution is 2.40. The first kappa shape index (κ1) is 19.1. The zero-order valence-electron chi connectivity index (χ0n) is 15.7. The van der Waals surface area contributed by atoms with E-state index >= 15 is 0 Å². The summed E-state index contributed by atoms with van der Waals surface area (Å²) in [6.45, 7) is 0. The summed E-state index contributed by atoms with van der Waals surface area (Å²) >= 11 is 1.64. The maximum atomic E-state index is 12.4. The smallest absolute Gasteiger partial charge is 0.335 e. The Hall–Kier alpha value is -3.25. The maximum absolute atomic E-state index is 12.4. The Bertz CT molecular complexity index is 1080. The van der Waals surface area contributed by atoms with Crippen LogP contribution in [-0.4, -0.2) is 22.0 Å². The van der Waals surface area contributed by atoms with Crippen LogP contribution >= 0.6 is 11.3 Å². The van der Waals surface area contributed by atoms with E-state index < -0.39 is 5.97 Å². The van der Waals surface area contributed by atoms with Crippen molar-refractivity contribution in [1.29, 1.82) is 0 Å². The molecule has 0 bridgehead atoms. The molecular formula is C23H20N2O3S. The number of nitrogens with one attached hydrogen (secondary N) is 1. The van der Waals surface area contributed by atoms with Gasteiger partial charge in [0.05, 0.1) is 17.7 Å². The average molecular weight is 404 g/mol. The predicted octanol–water partition coefficient (Wildman–Crippen LogP) is 5.07. The molecule has 0 atom stereocenters. The molecule has 29 heavy (non-hydrogen) atoms. The monoisotopic (exact) mass is 404 g/mol. The van der Waals surface area contributed by atoms with Gasteiger partial charge < -0.3 is 10.4 Å². The number of benzene rings is 2. The minimum Gasteiger partial charge on any atom is -0.478 e. The van der Waals surface area contributed by atoms with E-state index in [9.17, 15) is 14.7 Å². The van der Waals surface area contributed by atoms with E-state index in [2.05, 4.69) is 15.7 Å². The Balaban J connectivity index is 1.41. The molecule has 3 aromatic rings. The van der Waals surface area contributed by atoms with Crippen LogP contribution in [0.5, 0.6) is 0 Å². The molecule has 0 radical (unpaired) electrons. The Kier molecular flexibility index (Phi) is 5.53. The van der Waals surface area contributed by atoms with Gasteiger partial charge in [-0.3, -0.25) is 4.79 Å². The van der Waals surface area contributed by atoms with Gasteiger partial charge in [-0.15, -0.1) is 11.3 Å². The molecule has 1 heterocycles. The number of anilines is 1. The number of hydrogen-bond donors (Lipinski definition) is 2. The van der Waals surface area contributed by atoms with Crippen LogP contribution in [0, 0.1) is 0 Å². The highest BCUT2D eigenvalue weighted by Gasteiger charge is 2.25. The molecule has 0 spiro atoms. The van der Waals surface area contributed by atoms with Gasteiger partial charge >= 0.3 is 5.97 Å². The molecule has 4 rings (SSSR count). The number of carbonyl (C=O) groups is 2. The van der Waals surface area contributed by atoms with Gasteiger partial charge in [0.1, 0.15) is 5.01 Å². The zero-order chi connectivity index (χ0) is 20.2. The fourth-order valence-corrected chi connectivity index (χ4v) is 3.88. The summed E-state index contributed by atoms with van der Waals surface area (Å²) in [6.07, 6.45) is 6.45. The van der Waals surface area contributed by atoms with Gasteiger partial charge in [-0.25, -0.2) is 9.78 Å². The summed E-state index contributed by atoms with van der Waals surface area (Å²) in [4.78, 5) is 28.3. The van der Waals surface area contributed by atoms with Gasteiger partial charge in [-0.05, 0) is 48.2 Å². The van der Waals surface area contributed by atoms with E-state index in [1.165, 1.54) is 24.6 Å². The summed E-state index contributed by atoms with van der Waals surface area (Å²) in [5.41, 5.74) is 3.45. The summed E-state index contributed by atoms with van der Waals surface area (Å²) in [5.74, 6) is -0.639. The van der Waals surface area contributed by atoms with E-state index in [1.54, 1.807) is 29.5 Å². The van der Waals surface area contributed by atoms with Gasteiger partial charge in [0.15, 0.2) is 0 Å². The first-order valence-corrected chi connectivity index (χ1v) is 10.3. The van der Waals surface area contributed by atoms with Crippen molar-refractivity contribution in [1.82, 2.24) is 4.98 Å². The topological polar surface area (TPSA) is 79.3 Å². The first-order chi connectivity index (χ1) is 14.1. The fraction of sp³-hybridized carbons (Fsp3) is 0.174. The van der Waals surface area contributed by atoms with Crippen molar-refractivity contribution in [2.45, 2.75) is 25.2 Å². The maximum Gasteiger partial charge on any atom is 0.335 e. The van der Waals surface area contributed by atoms with E-state index in [0.717, 1.165) is 10.6 Å². The lowest BCUT2D eigenvalue weighted by atomic mass is 10.0. The van der Waals surface area contributed by atoms with E-state index in [-0.39, 0.29) is 17.9 Å². The Morgan fingerprint density at radius 3 is 2.76 bits per heavy atom. The lowest BCUT2D eigenvalue weighted by Crippen LogP contribution is -2.16. The second kappa shape index (κ2) is 8.41. The van der Waals surface area contributed by atoms with E-state index in [0.29, 0.717) is 17.2 Å². The molecule has 146 valence electrons. The number of carboxylic acids is 1.